The molecule has 0 saturated heterocycles. The largest absolute Gasteiger partial charge is 0.504 e. The van der Waals surface area contributed by atoms with Crippen molar-refractivity contribution in [2.45, 2.75) is 12.5 Å². The summed E-state index contributed by atoms with van der Waals surface area (Å²) >= 11 is 0. The number of phenols is 2. The maximum Gasteiger partial charge on any atom is 0.339 e. The van der Waals surface area contributed by atoms with Crippen molar-refractivity contribution in [1.82, 2.24) is 30.7 Å². The molecule has 6 aromatic rings. The molecular formula is C40H43FN10O11. The number of nitrogens with one attached hydrogen (secondary N) is 6. The summed E-state index contributed by atoms with van der Waals surface area (Å²) in [5.41, 5.74) is -0.133. The van der Waals surface area contributed by atoms with E-state index in [-0.39, 0.29) is 64.6 Å². The molecule has 9 N–H and O–H groups in total. The summed E-state index contributed by atoms with van der Waals surface area (Å²) in [5.74, 6) is -7.65. The number of aromatic hydroxyl groups is 2. The molecule has 3 aromatic heterocycles. The first-order chi connectivity index (χ1) is 29.8. The van der Waals surface area contributed by atoms with Gasteiger partial charge in [0.05, 0.1) is 61.1 Å². The summed E-state index contributed by atoms with van der Waals surface area (Å²) in [7, 11) is 2.33. The topological polar surface area (TPSA) is 309 Å². The minimum atomic E-state index is -1.43. The SMILES string of the molecule is COc1c(NC(=O)c2ccc(NC(=O)c3ccc(NC(=O)C(Cc4cn[nH]n4)NC(=O)c4ccc(NC(=O)c5ccc(F)cn5)cc4)cn3)c(OC)c2O)ccc(C(=O)O)c1O.[HH].[HH].[HH].[HH].[HH]. The lowest BCUT2D eigenvalue weighted by Crippen LogP contribution is -2.45. The smallest absolute Gasteiger partial charge is 0.339 e. The standard InChI is InChI=1S/C40H33FN10O11.5H2/c1-61-33-27(13-9-24(31(33)52)36(55)47-26-14-10-25(40(59)60)32(53)34(26)62-2)48-38(57)29-12-8-22(17-43-29)46-39(58)30(15-23-18-44-51-50-23)49-35(54)19-3-6-21(7-4-19)45-37(56)28-11-5-20(41)16-42-28;;;;;/h3-14,16-18,30,52-53H,15H2,1-2H3,(H,45,56)(H,46,58)(H,47,55)(H,48,57)(H,49,54)(H,59,60)(H,44,50,51);5*1H. The van der Waals surface area contributed by atoms with E-state index >= 15 is 0 Å². The fourth-order valence-corrected chi connectivity index (χ4v) is 5.71. The summed E-state index contributed by atoms with van der Waals surface area (Å²) in [4.78, 5) is 84.7. The van der Waals surface area contributed by atoms with Gasteiger partial charge in [-0.2, -0.15) is 15.4 Å². The Bertz CT molecular complexity index is 2690. The van der Waals surface area contributed by atoms with Crippen molar-refractivity contribution >= 4 is 58.3 Å². The zero-order valence-corrected chi connectivity index (χ0v) is 32.2. The Morgan fingerprint density at radius 1 is 0.677 bits per heavy atom. The molecule has 3 heterocycles. The van der Waals surface area contributed by atoms with Gasteiger partial charge in [-0.25, -0.2) is 19.2 Å². The van der Waals surface area contributed by atoms with Gasteiger partial charge in [0.25, 0.3) is 23.6 Å². The monoisotopic (exact) mass is 858 g/mol. The van der Waals surface area contributed by atoms with Gasteiger partial charge in [-0.15, -0.1) is 0 Å². The molecule has 0 aliphatic carbocycles. The van der Waals surface area contributed by atoms with Crippen molar-refractivity contribution in [3.8, 4) is 23.0 Å². The summed E-state index contributed by atoms with van der Waals surface area (Å²) in [6.45, 7) is 0. The van der Waals surface area contributed by atoms with Gasteiger partial charge in [0, 0.05) is 24.8 Å². The average Bonchev–Trinajstić information content (AvgIpc) is 3.77. The van der Waals surface area contributed by atoms with Crippen LogP contribution >= 0.6 is 0 Å². The molecule has 3 aromatic carbocycles. The van der Waals surface area contributed by atoms with E-state index in [1.807, 2.05) is 0 Å². The second-order valence-electron chi connectivity index (χ2n) is 12.8. The molecular weight excluding hydrogens is 815 g/mol. The van der Waals surface area contributed by atoms with Gasteiger partial charge in [-0.05, 0) is 72.8 Å². The van der Waals surface area contributed by atoms with Crippen LogP contribution in [0.4, 0.5) is 27.1 Å². The van der Waals surface area contributed by atoms with E-state index in [9.17, 15) is 48.5 Å². The minimum absolute atomic E-state index is 0. The number of carboxylic acids is 1. The van der Waals surface area contributed by atoms with Gasteiger partial charge in [0.1, 0.15) is 28.8 Å². The van der Waals surface area contributed by atoms with E-state index in [1.165, 1.54) is 80.2 Å². The molecule has 22 heteroatoms. The Balaban J connectivity index is 0.00000449. The number of amides is 5. The predicted molar refractivity (Wildman–Crippen MR) is 226 cm³/mol. The van der Waals surface area contributed by atoms with Crippen LogP contribution in [0.2, 0.25) is 0 Å². The number of pyridine rings is 2. The third-order valence-electron chi connectivity index (χ3n) is 8.77. The molecule has 0 fully saturated rings. The lowest BCUT2D eigenvalue weighted by molar-refractivity contribution is -0.118. The van der Waals surface area contributed by atoms with E-state index < -0.39 is 64.4 Å². The second kappa shape index (κ2) is 18.8. The lowest BCUT2D eigenvalue weighted by atomic mass is 10.1. The third kappa shape index (κ3) is 9.83. The highest BCUT2D eigenvalue weighted by Gasteiger charge is 2.26. The Morgan fingerprint density at radius 2 is 1.26 bits per heavy atom. The van der Waals surface area contributed by atoms with Crippen molar-refractivity contribution in [2.24, 2.45) is 0 Å². The number of carbonyl (C=O) groups excluding carboxylic acids is 5. The number of aromatic carboxylic acids is 1. The first-order valence-electron chi connectivity index (χ1n) is 17.9. The number of carboxylic acid groups (broad SMARTS) is 1. The minimum Gasteiger partial charge on any atom is -0.504 e. The van der Waals surface area contributed by atoms with Gasteiger partial charge >= 0.3 is 5.97 Å². The molecule has 0 saturated carbocycles. The van der Waals surface area contributed by atoms with Crippen LogP contribution in [0.1, 0.15) is 64.9 Å². The van der Waals surface area contributed by atoms with E-state index in [0.717, 1.165) is 25.4 Å². The van der Waals surface area contributed by atoms with Gasteiger partial charge in [0.2, 0.25) is 5.91 Å². The zero-order chi connectivity index (χ0) is 44.5. The molecule has 62 heavy (non-hydrogen) atoms. The summed E-state index contributed by atoms with van der Waals surface area (Å²) in [6, 6.07) is 14.2. The van der Waals surface area contributed by atoms with E-state index in [1.54, 1.807) is 0 Å². The maximum absolute atomic E-state index is 13.5. The summed E-state index contributed by atoms with van der Waals surface area (Å²) in [6.07, 6.45) is 3.39. The van der Waals surface area contributed by atoms with E-state index in [2.05, 4.69) is 52.0 Å². The fraction of sp³-hybridized carbons (Fsp3) is 0.100. The lowest BCUT2D eigenvalue weighted by Gasteiger charge is -2.18. The molecule has 1 atom stereocenters. The number of hydrogen-bond donors (Lipinski definition) is 9. The Labute approximate surface area is 355 Å². The highest BCUT2D eigenvalue weighted by Crippen LogP contribution is 2.40. The molecule has 0 spiro atoms. The Hall–Kier alpha value is -8.95. The number of carbonyl (C=O) groups is 6. The highest BCUT2D eigenvalue weighted by molar-refractivity contribution is 6.10. The van der Waals surface area contributed by atoms with Crippen LogP contribution in [-0.4, -0.2) is 96.5 Å². The number of H-pyrrole nitrogens is 1. The molecule has 6 rings (SSSR count). The molecule has 0 radical (unpaired) electrons. The molecule has 326 valence electrons. The van der Waals surface area contributed by atoms with Gasteiger partial charge < -0.3 is 51.4 Å². The van der Waals surface area contributed by atoms with Crippen LogP contribution in [0.25, 0.3) is 0 Å². The fourth-order valence-electron chi connectivity index (χ4n) is 5.71. The number of aromatic nitrogens is 5. The zero-order valence-electron chi connectivity index (χ0n) is 32.2. The van der Waals surface area contributed by atoms with Crippen LogP contribution in [0.15, 0.2) is 91.4 Å². The Morgan fingerprint density at radius 3 is 1.82 bits per heavy atom. The van der Waals surface area contributed by atoms with Crippen molar-refractivity contribution in [3.63, 3.8) is 0 Å². The number of methoxy groups -OCH3 is 2. The number of halogens is 1. The normalized spacial score (nSPS) is 11.1. The van der Waals surface area contributed by atoms with Crippen molar-refractivity contribution in [2.75, 3.05) is 35.5 Å². The van der Waals surface area contributed by atoms with Gasteiger partial charge in [-0.3, -0.25) is 24.0 Å². The Kier molecular flexibility index (Phi) is 12.9. The maximum atomic E-state index is 13.5. The summed E-state index contributed by atoms with van der Waals surface area (Å²) < 4.78 is 23.5. The molecule has 0 bridgehead atoms. The van der Waals surface area contributed by atoms with Crippen LogP contribution in [0, 0.1) is 5.82 Å². The number of nitrogens with zero attached hydrogens (tertiary/aromatic N) is 4. The molecule has 0 aliphatic rings. The molecule has 1 unspecified atom stereocenters. The predicted octanol–water partition coefficient (Wildman–Crippen LogP) is 4.83. The van der Waals surface area contributed by atoms with E-state index in [0.29, 0.717) is 11.4 Å². The summed E-state index contributed by atoms with van der Waals surface area (Å²) in [5, 5.41) is 53.4. The van der Waals surface area contributed by atoms with Gasteiger partial charge in [0.15, 0.2) is 23.0 Å². The van der Waals surface area contributed by atoms with E-state index in [4.69, 9.17) is 9.47 Å². The molecule has 0 aliphatic heterocycles. The van der Waals surface area contributed by atoms with Crippen LogP contribution in [-0.2, 0) is 11.2 Å². The number of rotatable bonds is 15. The number of benzene rings is 3. The third-order valence-corrected chi connectivity index (χ3v) is 8.77. The van der Waals surface area contributed by atoms with Gasteiger partial charge in [-0.1, -0.05) is 0 Å². The molecule has 5 amide bonds. The second-order valence-corrected chi connectivity index (χ2v) is 12.8. The first-order valence-corrected chi connectivity index (χ1v) is 17.9. The van der Waals surface area contributed by atoms with Crippen molar-refractivity contribution in [3.05, 3.63) is 131 Å². The van der Waals surface area contributed by atoms with Crippen molar-refractivity contribution < 1.29 is 65.1 Å². The highest BCUT2D eigenvalue weighted by atomic mass is 19.1. The number of anilines is 4. The number of aromatic amines is 1. The van der Waals surface area contributed by atoms with Crippen molar-refractivity contribution in [1.29, 1.82) is 0 Å². The number of phenolic OH excluding ortho intramolecular Hbond substituents is 1. The first kappa shape index (κ1) is 42.7. The van der Waals surface area contributed by atoms with Crippen LogP contribution in [0.3, 0.4) is 0 Å². The molecule has 21 nitrogen and oxygen atoms in total. The number of hydrogen-bond acceptors (Lipinski definition) is 14. The van der Waals surface area contributed by atoms with Crippen LogP contribution in [0.5, 0.6) is 23.0 Å². The number of ether oxygens (including phenoxy) is 2. The average molecular weight is 859 g/mol. The quantitative estimate of drug-likeness (QED) is 0.0668. The van der Waals surface area contributed by atoms with Crippen LogP contribution < -0.4 is 36.1 Å².